The molecule has 4 rings (SSSR count). The lowest BCUT2D eigenvalue weighted by atomic mass is 9.75. The lowest BCUT2D eigenvalue weighted by molar-refractivity contribution is -0.139. The van der Waals surface area contributed by atoms with Gasteiger partial charge in [0, 0.05) is 22.8 Å². The summed E-state index contributed by atoms with van der Waals surface area (Å²) in [5, 5.41) is 23.8. The smallest absolute Gasteiger partial charge is 0.420 e. The van der Waals surface area contributed by atoms with Crippen LogP contribution in [-0.2, 0) is 11.9 Å². The number of nitrogens with one attached hydrogen (secondary N) is 1. The first-order valence-electron chi connectivity index (χ1n) is 10.4. The molecule has 0 bridgehead atoms. The Bertz CT molecular complexity index is 1140. The van der Waals surface area contributed by atoms with E-state index >= 15 is 0 Å². The Morgan fingerprint density at radius 3 is 2.24 bits per heavy atom. The number of aromatic hydroxyl groups is 2. The van der Waals surface area contributed by atoms with Crippen LogP contribution in [0.3, 0.4) is 0 Å². The Morgan fingerprint density at radius 1 is 0.970 bits per heavy atom. The standard InChI is InChI=1S/C25H22F3NO3S/c26-25(27,28)18-13-20(30)22-19(29-24(32)33-14-15-7-3-1-4-8-15)12-11-17(21(22)23(18)31)16-9-5-2-6-10-16/h1-10,13,17,19,30-31H,11-12,14H2,(H,29,32)/t17-,19-/m0/s1. The molecule has 0 saturated carbocycles. The molecule has 0 aromatic heterocycles. The molecule has 1 aliphatic rings. The fraction of sp³-hybridized carbons (Fsp3) is 0.240. The molecule has 3 N–H and O–H groups in total. The van der Waals surface area contributed by atoms with E-state index in [0.717, 1.165) is 22.9 Å². The number of amides is 1. The van der Waals surface area contributed by atoms with E-state index < -0.39 is 35.2 Å². The predicted molar refractivity (Wildman–Crippen MR) is 121 cm³/mol. The summed E-state index contributed by atoms with van der Waals surface area (Å²) in [6.45, 7) is 0. The molecule has 1 aliphatic carbocycles. The van der Waals surface area contributed by atoms with Crippen molar-refractivity contribution in [2.45, 2.75) is 36.7 Å². The molecule has 4 nitrogen and oxygen atoms in total. The third kappa shape index (κ3) is 4.95. The van der Waals surface area contributed by atoms with Gasteiger partial charge in [-0.2, -0.15) is 13.2 Å². The van der Waals surface area contributed by atoms with E-state index in [-0.39, 0.29) is 16.4 Å². The lowest BCUT2D eigenvalue weighted by Gasteiger charge is -2.34. The Morgan fingerprint density at radius 2 is 1.61 bits per heavy atom. The van der Waals surface area contributed by atoms with Gasteiger partial charge in [0.15, 0.2) is 0 Å². The zero-order chi connectivity index (χ0) is 23.6. The van der Waals surface area contributed by atoms with E-state index in [2.05, 4.69) is 5.32 Å². The highest BCUT2D eigenvalue weighted by Gasteiger charge is 2.41. The van der Waals surface area contributed by atoms with Crippen LogP contribution in [0.5, 0.6) is 11.5 Å². The second kappa shape index (κ2) is 9.39. The summed E-state index contributed by atoms with van der Waals surface area (Å²) in [6, 6.07) is 18.1. The summed E-state index contributed by atoms with van der Waals surface area (Å²) in [4.78, 5) is 12.6. The highest BCUT2D eigenvalue weighted by atomic mass is 32.2. The fourth-order valence-electron chi connectivity index (χ4n) is 4.32. The molecule has 0 unspecified atom stereocenters. The number of phenols is 2. The molecular formula is C25H22F3NO3S. The van der Waals surface area contributed by atoms with Crippen LogP contribution in [-0.4, -0.2) is 15.5 Å². The summed E-state index contributed by atoms with van der Waals surface area (Å²) in [5.41, 5.74) is 0.551. The van der Waals surface area contributed by atoms with Gasteiger partial charge in [-0.25, -0.2) is 0 Å². The van der Waals surface area contributed by atoms with Crippen molar-refractivity contribution in [3.63, 3.8) is 0 Å². The van der Waals surface area contributed by atoms with Crippen molar-refractivity contribution in [2.24, 2.45) is 0 Å². The number of benzene rings is 3. The quantitative estimate of drug-likeness (QED) is 0.368. The van der Waals surface area contributed by atoms with Crippen LogP contribution in [0, 0.1) is 0 Å². The van der Waals surface area contributed by atoms with E-state index in [1.807, 2.05) is 30.3 Å². The number of carbonyl (C=O) groups is 1. The largest absolute Gasteiger partial charge is 0.508 e. The molecule has 33 heavy (non-hydrogen) atoms. The van der Waals surface area contributed by atoms with E-state index in [0.29, 0.717) is 24.7 Å². The number of thioether (sulfide) groups is 1. The first kappa shape index (κ1) is 23.0. The normalized spacial score (nSPS) is 17.9. The molecule has 0 aliphatic heterocycles. The van der Waals surface area contributed by atoms with Crippen LogP contribution in [0.1, 0.15) is 52.6 Å². The molecule has 2 atom stereocenters. The molecule has 0 radical (unpaired) electrons. The van der Waals surface area contributed by atoms with E-state index in [4.69, 9.17) is 0 Å². The third-order valence-electron chi connectivity index (χ3n) is 5.81. The van der Waals surface area contributed by atoms with Crippen molar-refractivity contribution in [3.8, 4) is 11.5 Å². The maximum Gasteiger partial charge on any atom is 0.420 e. The number of hydrogen-bond donors (Lipinski definition) is 3. The highest BCUT2D eigenvalue weighted by Crippen LogP contribution is 2.52. The summed E-state index contributed by atoms with van der Waals surface area (Å²) in [7, 11) is 0. The van der Waals surface area contributed by atoms with Crippen LogP contribution in [0.25, 0.3) is 0 Å². The van der Waals surface area contributed by atoms with E-state index in [9.17, 15) is 28.2 Å². The van der Waals surface area contributed by atoms with E-state index in [1.54, 1.807) is 30.3 Å². The fourth-order valence-corrected chi connectivity index (χ4v) is 5.04. The minimum atomic E-state index is -4.83. The molecule has 0 heterocycles. The molecule has 0 spiro atoms. The SMILES string of the molecule is O=C(N[C@H]1CC[C@@H](c2ccccc2)c2c(O)c(C(F)(F)F)cc(O)c21)SCc1ccccc1. The maximum atomic E-state index is 13.6. The molecule has 1 amide bonds. The summed E-state index contributed by atoms with van der Waals surface area (Å²) >= 11 is 1.04. The number of carbonyl (C=O) groups excluding carboxylic acids is 1. The Balaban J connectivity index is 1.68. The number of phenolic OH excluding ortho intramolecular Hbond substituents is 2. The first-order valence-corrected chi connectivity index (χ1v) is 11.4. The molecule has 0 fully saturated rings. The van der Waals surface area contributed by atoms with Crippen molar-refractivity contribution in [1.82, 2.24) is 5.32 Å². The van der Waals surface area contributed by atoms with Gasteiger partial charge in [-0.3, -0.25) is 4.79 Å². The van der Waals surface area contributed by atoms with Crippen LogP contribution >= 0.6 is 11.8 Å². The number of halogens is 3. The number of alkyl halides is 3. The molecule has 172 valence electrons. The predicted octanol–water partition coefficient (Wildman–Crippen LogP) is 6.73. The first-order chi connectivity index (χ1) is 15.8. The van der Waals surface area contributed by atoms with Gasteiger partial charge in [0.1, 0.15) is 17.1 Å². The third-order valence-corrected chi connectivity index (χ3v) is 6.67. The number of hydrogen-bond acceptors (Lipinski definition) is 4. The molecule has 0 saturated heterocycles. The Labute approximate surface area is 193 Å². The zero-order valence-electron chi connectivity index (χ0n) is 17.5. The van der Waals surface area contributed by atoms with Crippen molar-refractivity contribution in [1.29, 1.82) is 0 Å². The molecule has 3 aromatic rings. The van der Waals surface area contributed by atoms with Crippen LogP contribution in [0.15, 0.2) is 66.7 Å². The van der Waals surface area contributed by atoms with E-state index in [1.165, 1.54) is 0 Å². The van der Waals surface area contributed by atoms with Gasteiger partial charge in [0.2, 0.25) is 0 Å². The monoisotopic (exact) mass is 473 g/mol. The zero-order valence-corrected chi connectivity index (χ0v) is 18.3. The second-order valence-corrected chi connectivity index (χ2v) is 8.86. The number of fused-ring (bicyclic) bond motifs is 1. The van der Waals surface area contributed by atoms with Gasteiger partial charge in [-0.05, 0) is 30.0 Å². The van der Waals surface area contributed by atoms with Gasteiger partial charge in [-0.15, -0.1) is 0 Å². The molecule has 8 heteroatoms. The van der Waals surface area contributed by atoms with Crippen molar-refractivity contribution in [3.05, 3.63) is 94.5 Å². The van der Waals surface area contributed by atoms with Crippen LogP contribution < -0.4 is 5.32 Å². The van der Waals surface area contributed by atoms with Gasteiger partial charge in [-0.1, -0.05) is 72.4 Å². The maximum absolute atomic E-state index is 13.6. The van der Waals surface area contributed by atoms with Gasteiger partial charge >= 0.3 is 6.18 Å². The van der Waals surface area contributed by atoms with Crippen molar-refractivity contribution < 1.29 is 28.2 Å². The molecular weight excluding hydrogens is 451 g/mol. The van der Waals surface area contributed by atoms with Gasteiger partial charge in [0.25, 0.3) is 5.24 Å². The Hall–Kier alpha value is -3.13. The summed E-state index contributed by atoms with van der Waals surface area (Å²) in [6.07, 6.45) is -4.03. The minimum absolute atomic E-state index is 0.0122. The van der Waals surface area contributed by atoms with Gasteiger partial charge < -0.3 is 15.5 Å². The Kier molecular flexibility index (Phi) is 6.56. The number of rotatable bonds is 4. The van der Waals surface area contributed by atoms with Crippen LogP contribution in [0.2, 0.25) is 0 Å². The molecule has 3 aromatic carbocycles. The minimum Gasteiger partial charge on any atom is -0.508 e. The van der Waals surface area contributed by atoms with Crippen molar-refractivity contribution >= 4 is 17.0 Å². The van der Waals surface area contributed by atoms with Gasteiger partial charge in [0.05, 0.1) is 6.04 Å². The average molecular weight is 474 g/mol. The summed E-state index contributed by atoms with van der Waals surface area (Å²) in [5.74, 6) is -1.60. The lowest BCUT2D eigenvalue weighted by Crippen LogP contribution is -2.30. The second-order valence-electron chi connectivity index (χ2n) is 7.92. The highest BCUT2D eigenvalue weighted by molar-refractivity contribution is 8.12. The topological polar surface area (TPSA) is 69.6 Å². The summed E-state index contributed by atoms with van der Waals surface area (Å²) < 4.78 is 40.7. The average Bonchev–Trinajstić information content (AvgIpc) is 2.80. The van der Waals surface area contributed by atoms with Crippen molar-refractivity contribution in [2.75, 3.05) is 0 Å². The van der Waals surface area contributed by atoms with Crippen LogP contribution in [0.4, 0.5) is 18.0 Å².